The van der Waals surface area contributed by atoms with Crippen LogP contribution in [0.4, 0.5) is 0 Å². The molecule has 0 aromatic heterocycles. The second-order valence-electron chi connectivity index (χ2n) is 2.20. The van der Waals surface area contributed by atoms with Crippen molar-refractivity contribution in [2.45, 2.75) is 13.8 Å². The van der Waals surface area contributed by atoms with Crippen molar-refractivity contribution in [2.75, 3.05) is 6.54 Å². The predicted octanol–water partition coefficient (Wildman–Crippen LogP) is -3.30. The van der Waals surface area contributed by atoms with Gasteiger partial charge in [-0.05, 0) is 5.92 Å². The van der Waals surface area contributed by atoms with Crippen LogP contribution < -0.4 is 34.3 Å². The summed E-state index contributed by atoms with van der Waals surface area (Å²) in [5, 5.41) is 0. The third-order valence-corrected chi connectivity index (χ3v) is 1.19. The van der Waals surface area contributed by atoms with Gasteiger partial charge >= 0.3 is 29.6 Å². The molecule has 0 fully saturated rings. The predicted molar refractivity (Wildman–Crippen MR) is 32.5 cm³/mol. The van der Waals surface area contributed by atoms with E-state index in [-0.39, 0.29) is 42.0 Å². The topological polar surface area (TPSA) is 69.2 Å². The zero-order valence-corrected chi connectivity index (χ0v) is 9.23. The van der Waals surface area contributed by atoms with Gasteiger partial charge in [-0.1, -0.05) is 13.8 Å². The second kappa shape index (κ2) is 5.51. The van der Waals surface area contributed by atoms with Gasteiger partial charge in [0, 0.05) is 6.54 Å². The van der Waals surface area contributed by atoms with E-state index < -0.39 is 10.3 Å². The van der Waals surface area contributed by atoms with Crippen molar-refractivity contribution < 1.29 is 42.5 Å². The zero-order valence-electron chi connectivity index (χ0n) is 6.42. The van der Waals surface area contributed by atoms with Gasteiger partial charge in [0.05, 0.1) is 0 Å². The molecule has 1 N–H and O–H groups in total. The van der Waals surface area contributed by atoms with Crippen LogP contribution >= 0.6 is 0 Å². The Kier molecular flexibility index (Phi) is 7.42. The van der Waals surface area contributed by atoms with Crippen LogP contribution in [0.5, 0.6) is 0 Å². The normalized spacial score (nSPS) is 11.2. The van der Waals surface area contributed by atoms with Crippen LogP contribution in [0.1, 0.15) is 13.8 Å². The molecule has 6 heteroatoms. The third kappa shape index (κ3) is 11.6. The van der Waals surface area contributed by atoms with Crippen LogP contribution in [-0.2, 0) is 10.3 Å². The molecule has 0 rings (SSSR count). The summed E-state index contributed by atoms with van der Waals surface area (Å²) >= 11 is 0. The molecule has 0 aromatic rings. The first-order valence-electron chi connectivity index (χ1n) is 2.62. The van der Waals surface area contributed by atoms with Crippen LogP contribution in [0.15, 0.2) is 0 Å². The van der Waals surface area contributed by atoms with E-state index in [1.807, 2.05) is 18.6 Å². The van der Waals surface area contributed by atoms with Crippen molar-refractivity contribution in [3.05, 3.63) is 0 Å². The Morgan fingerprint density at radius 2 is 1.90 bits per heavy atom. The van der Waals surface area contributed by atoms with Gasteiger partial charge in [-0.3, -0.25) is 0 Å². The minimum absolute atomic E-state index is 0. The van der Waals surface area contributed by atoms with Gasteiger partial charge in [-0.25, -0.2) is 13.1 Å². The van der Waals surface area contributed by atoms with Crippen molar-refractivity contribution in [1.29, 1.82) is 0 Å². The monoisotopic (exact) mass is 175 g/mol. The van der Waals surface area contributed by atoms with Gasteiger partial charge in [-0.2, -0.15) is 0 Å². The maximum Gasteiger partial charge on any atom is 1.00 e. The van der Waals surface area contributed by atoms with E-state index in [0.29, 0.717) is 0 Å². The Morgan fingerprint density at radius 1 is 1.50 bits per heavy atom. The summed E-state index contributed by atoms with van der Waals surface area (Å²) in [7, 11) is -4.22. The molecular weight excluding hydrogens is 165 g/mol. The first kappa shape index (κ1) is 13.5. The minimum atomic E-state index is -4.22. The second-order valence-corrected chi connectivity index (χ2v) is 3.39. The van der Waals surface area contributed by atoms with Crippen LogP contribution in [0.2, 0.25) is 0 Å². The average molecular weight is 175 g/mol. The number of nitrogens with one attached hydrogen (secondary N) is 1. The molecule has 4 nitrogen and oxygen atoms in total. The van der Waals surface area contributed by atoms with Gasteiger partial charge in [0.15, 0.2) is 10.3 Å². The molecule has 0 aliphatic heterocycles. The summed E-state index contributed by atoms with van der Waals surface area (Å²) in [5.41, 5.74) is 0. The molecule has 0 heterocycles. The summed E-state index contributed by atoms with van der Waals surface area (Å²) in [5.74, 6) is 0.175. The summed E-state index contributed by atoms with van der Waals surface area (Å²) in [6, 6.07) is 0. The summed E-state index contributed by atoms with van der Waals surface area (Å²) < 4.78 is 31.4. The molecule has 0 spiro atoms. The largest absolute Gasteiger partial charge is 1.00 e. The van der Waals surface area contributed by atoms with Gasteiger partial charge in [-0.15, -0.1) is 0 Å². The van der Waals surface area contributed by atoms with E-state index in [4.69, 9.17) is 0 Å². The number of rotatable bonds is 3. The van der Waals surface area contributed by atoms with Crippen LogP contribution in [0.25, 0.3) is 0 Å². The van der Waals surface area contributed by atoms with Gasteiger partial charge in [0.1, 0.15) is 0 Å². The Morgan fingerprint density at radius 3 is 2.00 bits per heavy atom. The van der Waals surface area contributed by atoms with E-state index in [2.05, 4.69) is 0 Å². The van der Waals surface area contributed by atoms with E-state index >= 15 is 0 Å². The standard InChI is InChI=1S/C4H11NO3S.Na/c1-4(2)3-5-9(6,7)8;/h4-5H,3H2,1-2H3,(H,6,7,8);/q;+1/p-1. The van der Waals surface area contributed by atoms with Crippen LogP contribution in [-0.4, -0.2) is 19.5 Å². The smallest absolute Gasteiger partial charge is 0.735 e. The molecule has 0 atom stereocenters. The molecule has 0 unspecified atom stereocenters. The van der Waals surface area contributed by atoms with E-state index in [1.165, 1.54) is 0 Å². The maximum absolute atomic E-state index is 9.87. The zero-order chi connectivity index (χ0) is 7.49. The Hall–Kier alpha value is 0.870. The maximum atomic E-state index is 9.87. The molecule has 0 saturated heterocycles. The van der Waals surface area contributed by atoms with E-state index in [0.717, 1.165) is 0 Å². The fourth-order valence-corrected chi connectivity index (χ4v) is 0.806. The average Bonchev–Trinajstić information content (AvgIpc) is 1.59. The van der Waals surface area contributed by atoms with Crippen LogP contribution in [0, 0.1) is 5.92 Å². The summed E-state index contributed by atoms with van der Waals surface area (Å²) in [6.45, 7) is 3.85. The van der Waals surface area contributed by atoms with Gasteiger partial charge in [0.2, 0.25) is 0 Å². The van der Waals surface area contributed by atoms with Crippen molar-refractivity contribution >= 4 is 10.3 Å². The van der Waals surface area contributed by atoms with Gasteiger partial charge in [0.25, 0.3) is 0 Å². The molecule has 0 aromatic carbocycles. The van der Waals surface area contributed by atoms with Gasteiger partial charge < -0.3 is 4.55 Å². The first-order chi connectivity index (χ1) is 3.92. The van der Waals surface area contributed by atoms with Crippen molar-refractivity contribution in [2.24, 2.45) is 5.92 Å². The Labute approximate surface area is 83.6 Å². The minimum Gasteiger partial charge on any atom is -0.735 e. The molecular formula is C4H10NNaO3S. The SMILES string of the molecule is CC(C)CNS(=O)(=O)[O-].[Na+]. The number of hydrogen-bond donors (Lipinski definition) is 1. The fraction of sp³-hybridized carbons (Fsp3) is 1.00. The first-order valence-corrected chi connectivity index (χ1v) is 4.03. The Bertz CT molecular complexity index is 165. The summed E-state index contributed by atoms with van der Waals surface area (Å²) in [4.78, 5) is 0. The summed E-state index contributed by atoms with van der Waals surface area (Å²) in [6.07, 6.45) is 0. The van der Waals surface area contributed by atoms with Crippen molar-refractivity contribution in [3.63, 3.8) is 0 Å². The quantitative estimate of drug-likeness (QED) is 0.361. The van der Waals surface area contributed by atoms with Crippen LogP contribution in [0.3, 0.4) is 0 Å². The molecule has 0 radical (unpaired) electrons. The molecule has 0 saturated carbocycles. The molecule has 0 amide bonds. The van der Waals surface area contributed by atoms with E-state index in [9.17, 15) is 13.0 Å². The molecule has 0 bridgehead atoms. The number of hydrogen-bond acceptors (Lipinski definition) is 3. The molecule has 0 aliphatic carbocycles. The van der Waals surface area contributed by atoms with Crippen molar-refractivity contribution in [1.82, 2.24) is 4.72 Å². The van der Waals surface area contributed by atoms with E-state index in [1.54, 1.807) is 0 Å². The molecule has 10 heavy (non-hydrogen) atoms. The fourth-order valence-electron chi connectivity index (χ4n) is 0.269. The van der Waals surface area contributed by atoms with Crippen molar-refractivity contribution in [3.8, 4) is 0 Å². The third-order valence-electron chi connectivity index (χ3n) is 0.668. The molecule has 56 valence electrons. The Balaban J connectivity index is 0. The molecule has 0 aliphatic rings.